The van der Waals surface area contributed by atoms with Crippen molar-refractivity contribution in [3.8, 4) is 0 Å². The molecule has 8 heteroatoms. The number of ether oxygens (including phenoxy) is 1. The van der Waals surface area contributed by atoms with Gasteiger partial charge in [0, 0.05) is 19.2 Å². The number of aliphatic hydroxyl groups excluding tert-OH is 2. The fourth-order valence-corrected chi connectivity index (χ4v) is 2.07. The van der Waals surface area contributed by atoms with Gasteiger partial charge in [-0.15, -0.1) is 0 Å². The van der Waals surface area contributed by atoms with Crippen molar-refractivity contribution in [3.05, 3.63) is 27.0 Å². The SMILES string of the molecule is CCNc1cn(C2CC(O)C(CO)O2)c(=O)[nH]c1=O. The summed E-state index contributed by atoms with van der Waals surface area (Å²) in [5.74, 6) is 0. The van der Waals surface area contributed by atoms with E-state index in [4.69, 9.17) is 9.84 Å². The van der Waals surface area contributed by atoms with Crippen LogP contribution in [0, 0.1) is 0 Å². The van der Waals surface area contributed by atoms with Crippen LogP contribution in [0.4, 0.5) is 5.69 Å². The minimum absolute atomic E-state index is 0.183. The fourth-order valence-electron chi connectivity index (χ4n) is 2.07. The van der Waals surface area contributed by atoms with Crippen molar-refractivity contribution in [2.45, 2.75) is 31.8 Å². The molecular formula is C11H17N3O5. The van der Waals surface area contributed by atoms with E-state index in [-0.39, 0.29) is 18.7 Å². The summed E-state index contributed by atoms with van der Waals surface area (Å²) in [4.78, 5) is 25.4. The number of aromatic nitrogens is 2. The Balaban J connectivity index is 2.33. The predicted molar refractivity (Wildman–Crippen MR) is 67.1 cm³/mol. The van der Waals surface area contributed by atoms with Gasteiger partial charge < -0.3 is 20.3 Å². The standard InChI is InChI=1S/C11H17N3O5/c1-2-12-6-4-14(11(18)13-10(6)17)9-3-7(16)8(5-15)19-9/h4,7-9,12,15-16H,2-3,5H2,1H3,(H,13,17,18). The van der Waals surface area contributed by atoms with Crippen LogP contribution < -0.4 is 16.6 Å². The molecular weight excluding hydrogens is 254 g/mol. The number of hydrogen-bond acceptors (Lipinski definition) is 6. The van der Waals surface area contributed by atoms with Gasteiger partial charge in [0.1, 0.15) is 18.0 Å². The van der Waals surface area contributed by atoms with Crippen LogP contribution in [0.25, 0.3) is 0 Å². The molecule has 0 aromatic carbocycles. The highest BCUT2D eigenvalue weighted by Gasteiger charge is 2.35. The van der Waals surface area contributed by atoms with Crippen LogP contribution in [0.15, 0.2) is 15.8 Å². The van der Waals surface area contributed by atoms with Crippen molar-refractivity contribution >= 4 is 5.69 Å². The van der Waals surface area contributed by atoms with Gasteiger partial charge in [-0.3, -0.25) is 14.3 Å². The molecule has 1 fully saturated rings. The molecule has 19 heavy (non-hydrogen) atoms. The first kappa shape index (κ1) is 13.8. The Hall–Kier alpha value is -1.64. The van der Waals surface area contributed by atoms with Gasteiger partial charge in [0.15, 0.2) is 0 Å². The molecule has 0 spiro atoms. The van der Waals surface area contributed by atoms with Gasteiger partial charge in [0.05, 0.1) is 12.7 Å². The van der Waals surface area contributed by atoms with Crippen LogP contribution >= 0.6 is 0 Å². The number of rotatable bonds is 4. The van der Waals surface area contributed by atoms with E-state index in [1.807, 2.05) is 6.92 Å². The van der Waals surface area contributed by atoms with Crippen molar-refractivity contribution in [1.82, 2.24) is 9.55 Å². The van der Waals surface area contributed by atoms with E-state index < -0.39 is 29.7 Å². The molecule has 1 aliphatic rings. The number of hydrogen-bond donors (Lipinski definition) is 4. The van der Waals surface area contributed by atoms with Crippen molar-refractivity contribution < 1.29 is 14.9 Å². The topological polar surface area (TPSA) is 117 Å². The van der Waals surface area contributed by atoms with Gasteiger partial charge in [-0.1, -0.05) is 0 Å². The molecule has 1 aromatic heterocycles. The highest BCUT2D eigenvalue weighted by Crippen LogP contribution is 2.27. The Morgan fingerprint density at radius 2 is 2.32 bits per heavy atom. The molecule has 0 aliphatic carbocycles. The molecule has 8 nitrogen and oxygen atoms in total. The van der Waals surface area contributed by atoms with E-state index in [1.165, 1.54) is 10.8 Å². The van der Waals surface area contributed by atoms with Crippen LogP contribution in [-0.2, 0) is 4.74 Å². The van der Waals surface area contributed by atoms with Crippen molar-refractivity contribution in [1.29, 1.82) is 0 Å². The average Bonchev–Trinajstić information content (AvgIpc) is 2.74. The molecule has 2 heterocycles. The largest absolute Gasteiger partial charge is 0.394 e. The Kier molecular flexibility index (Phi) is 4.03. The summed E-state index contributed by atoms with van der Waals surface area (Å²) < 4.78 is 6.58. The molecule has 0 saturated carbocycles. The van der Waals surface area contributed by atoms with Gasteiger partial charge >= 0.3 is 5.69 Å². The van der Waals surface area contributed by atoms with Gasteiger partial charge in [-0.05, 0) is 6.92 Å². The van der Waals surface area contributed by atoms with Crippen molar-refractivity contribution in [3.63, 3.8) is 0 Å². The van der Waals surface area contributed by atoms with Gasteiger partial charge in [0.2, 0.25) is 0 Å². The molecule has 106 valence electrons. The molecule has 3 atom stereocenters. The van der Waals surface area contributed by atoms with Crippen LogP contribution in [-0.4, -0.2) is 45.1 Å². The quantitative estimate of drug-likeness (QED) is 0.535. The van der Waals surface area contributed by atoms with E-state index in [0.717, 1.165) is 0 Å². The van der Waals surface area contributed by atoms with Gasteiger partial charge in [-0.25, -0.2) is 4.79 Å². The molecule has 3 unspecified atom stereocenters. The Labute approximate surface area is 108 Å². The number of anilines is 1. The van der Waals surface area contributed by atoms with Crippen LogP contribution in [0.3, 0.4) is 0 Å². The second kappa shape index (κ2) is 5.55. The lowest BCUT2D eigenvalue weighted by atomic mass is 10.2. The van der Waals surface area contributed by atoms with Crippen LogP contribution in [0.5, 0.6) is 0 Å². The molecule has 4 N–H and O–H groups in total. The summed E-state index contributed by atoms with van der Waals surface area (Å²) in [6, 6.07) is 0. The zero-order valence-electron chi connectivity index (χ0n) is 10.5. The third-order valence-electron chi connectivity index (χ3n) is 3.03. The number of nitrogens with zero attached hydrogens (tertiary/aromatic N) is 1. The lowest BCUT2D eigenvalue weighted by Gasteiger charge is -2.15. The molecule has 1 aliphatic heterocycles. The zero-order chi connectivity index (χ0) is 14.0. The Morgan fingerprint density at radius 1 is 1.58 bits per heavy atom. The van der Waals surface area contributed by atoms with Crippen molar-refractivity contribution in [2.24, 2.45) is 0 Å². The Morgan fingerprint density at radius 3 is 2.89 bits per heavy atom. The minimum Gasteiger partial charge on any atom is -0.394 e. The summed E-state index contributed by atoms with van der Waals surface area (Å²) in [5.41, 5.74) is -0.851. The van der Waals surface area contributed by atoms with Gasteiger partial charge in [0.25, 0.3) is 5.56 Å². The zero-order valence-corrected chi connectivity index (χ0v) is 10.5. The van der Waals surface area contributed by atoms with E-state index in [9.17, 15) is 14.7 Å². The Bertz CT molecular complexity index is 552. The molecule has 0 bridgehead atoms. The first-order valence-corrected chi connectivity index (χ1v) is 6.10. The monoisotopic (exact) mass is 271 g/mol. The maximum atomic E-state index is 11.7. The van der Waals surface area contributed by atoms with E-state index in [0.29, 0.717) is 6.54 Å². The summed E-state index contributed by atoms with van der Waals surface area (Å²) in [6.07, 6.45) is -0.707. The van der Waals surface area contributed by atoms with Crippen LogP contribution in [0.2, 0.25) is 0 Å². The van der Waals surface area contributed by atoms with E-state index >= 15 is 0 Å². The number of aliphatic hydroxyl groups is 2. The second-order valence-corrected chi connectivity index (χ2v) is 4.35. The molecule has 2 rings (SSSR count). The number of aromatic amines is 1. The molecule has 0 amide bonds. The summed E-state index contributed by atoms with van der Waals surface area (Å²) >= 11 is 0. The maximum absolute atomic E-state index is 11.7. The fraction of sp³-hybridized carbons (Fsp3) is 0.636. The third-order valence-corrected chi connectivity index (χ3v) is 3.03. The summed E-state index contributed by atoms with van der Waals surface area (Å²) in [5, 5.41) is 21.5. The summed E-state index contributed by atoms with van der Waals surface area (Å²) in [7, 11) is 0. The highest BCUT2D eigenvalue weighted by molar-refractivity contribution is 5.37. The van der Waals surface area contributed by atoms with Gasteiger partial charge in [-0.2, -0.15) is 0 Å². The molecule has 1 aromatic rings. The first-order chi connectivity index (χ1) is 9.06. The average molecular weight is 271 g/mol. The maximum Gasteiger partial charge on any atom is 0.330 e. The van der Waals surface area contributed by atoms with Crippen molar-refractivity contribution in [2.75, 3.05) is 18.5 Å². The first-order valence-electron chi connectivity index (χ1n) is 6.10. The smallest absolute Gasteiger partial charge is 0.330 e. The minimum atomic E-state index is -0.837. The predicted octanol–water partition coefficient (Wildman–Crippen LogP) is -1.39. The molecule has 0 radical (unpaired) electrons. The highest BCUT2D eigenvalue weighted by atomic mass is 16.5. The normalized spacial score (nSPS) is 26.6. The lowest BCUT2D eigenvalue weighted by Crippen LogP contribution is -2.33. The summed E-state index contributed by atoms with van der Waals surface area (Å²) in [6.45, 7) is 2.04. The number of nitrogens with one attached hydrogen (secondary N) is 2. The lowest BCUT2D eigenvalue weighted by molar-refractivity contribution is -0.0458. The van der Waals surface area contributed by atoms with E-state index in [1.54, 1.807) is 0 Å². The third kappa shape index (κ3) is 2.70. The van der Waals surface area contributed by atoms with E-state index in [2.05, 4.69) is 10.3 Å². The molecule has 1 saturated heterocycles. The number of H-pyrrole nitrogens is 1. The second-order valence-electron chi connectivity index (χ2n) is 4.35. The van der Waals surface area contributed by atoms with Crippen LogP contribution in [0.1, 0.15) is 19.6 Å².